The van der Waals surface area contributed by atoms with Crippen LogP contribution in [0.15, 0.2) is 18.3 Å². The van der Waals surface area contributed by atoms with Crippen LogP contribution in [0.2, 0.25) is 0 Å². The molecule has 1 heterocycles. The monoisotopic (exact) mass is 214 g/mol. The Balaban J connectivity index is 2.40. The minimum absolute atomic E-state index is 0.633. The average molecular weight is 214 g/mol. The topological polar surface area (TPSA) is 51.2 Å². The van der Waals surface area contributed by atoms with Gasteiger partial charge in [-0.15, -0.1) is 0 Å². The van der Waals surface area contributed by atoms with E-state index in [-0.39, 0.29) is 0 Å². The SMILES string of the molecule is COc1ccc(NCCS(C)=O)nc1. The molecule has 0 saturated heterocycles. The van der Waals surface area contributed by atoms with E-state index in [1.807, 2.05) is 12.1 Å². The second-order valence-corrected chi connectivity index (χ2v) is 4.34. The summed E-state index contributed by atoms with van der Waals surface area (Å²) in [6, 6.07) is 3.66. The lowest BCUT2D eigenvalue weighted by atomic mass is 10.4. The fourth-order valence-electron chi connectivity index (χ4n) is 0.928. The van der Waals surface area contributed by atoms with Crippen molar-refractivity contribution >= 4 is 16.6 Å². The van der Waals surface area contributed by atoms with Crippen LogP contribution in [-0.4, -0.2) is 34.9 Å². The number of rotatable bonds is 5. The Bertz CT molecular complexity index is 300. The number of hydrogen-bond donors (Lipinski definition) is 1. The summed E-state index contributed by atoms with van der Waals surface area (Å²) in [4.78, 5) is 4.11. The van der Waals surface area contributed by atoms with Crippen molar-refractivity contribution in [2.75, 3.05) is 31.0 Å². The molecule has 1 aromatic heterocycles. The summed E-state index contributed by atoms with van der Waals surface area (Å²) in [5.74, 6) is 2.14. The molecule has 0 radical (unpaired) electrons. The van der Waals surface area contributed by atoms with Crippen molar-refractivity contribution < 1.29 is 8.95 Å². The Morgan fingerprint density at radius 3 is 2.86 bits per heavy atom. The van der Waals surface area contributed by atoms with E-state index in [9.17, 15) is 4.21 Å². The van der Waals surface area contributed by atoms with Gasteiger partial charge >= 0.3 is 0 Å². The second-order valence-electron chi connectivity index (χ2n) is 2.79. The van der Waals surface area contributed by atoms with Gasteiger partial charge in [-0.25, -0.2) is 4.98 Å². The molecule has 0 spiro atoms. The maximum atomic E-state index is 10.8. The van der Waals surface area contributed by atoms with Gasteiger partial charge in [0.15, 0.2) is 0 Å². The minimum Gasteiger partial charge on any atom is -0.495 e. The first-order valence-corrected chi connectivity index (χ1v) is 5.99. The Kier molecular flexibility index (Phi) is 4.39. The number of nitrogens with zero attached hydrogens (tertiary/aromatic N) is 1. The van der Waals surface area contributed by atoms with Gasteiger partial charge in [0.1, 0.15) is 11.6 Å². The standard InChI is InChI=1S/C9H14N2O2S/c1-13-8-3-4-9(11-7-8)10-5-6-14(2)12/h3-4,7H,5-6H2,1-2H3,(H,10,11). The Hall–Kier alpha value is -1.10. The van der Waals surface area contributed by atoms with Gasteiger partial charge in [0.2, 0.25) is 0 Å². The van der Waals surface area contributed by atoms with E-state index in [1.54, 1.807) is 19.6 Å². The van der Waals surface area contributed by atoms with E-state index < -0.39 is 10.8 Å². The van der Waals surface area contributed by atoms with Crippen LogP contribution >= 0.6 is 0 Å². The van der Waals surface area contributed by atoms with E-state index in [0.717, 1.165) is 11.6 Å². The molecular formula is C9H14N2O2S. The third-order valence-corrected chi connectivity index (χ3v) is 2.45. The summed E-state index contributed by atoms with van der Waals surface area (Å²) in [6.45, 7) is 0.669. The van der Waals surface area contributed by atoms with Crippen molar-refractivity contribution in [1.82, 2.24) is 4.98 Å². The Labute approximate surface area is 86.1 Å². The molecule has 78 valence electrons. The third kappa shape index (κ3) is 3.74. The molecule has 0 aliphatic carbocycles. The van der Waals surface area contributed by atoms with Crippen LogP contribution in [0, 0.1) is 0 Å². The first kappa shape index (κ1) is 11.0. The molecule has 0 aliphatic heterocycles. The van der Waals surface area contributed by atoms with Gasteiger partial charge in [0, 0.05) is 29.4 Å². The zero-order valence-corrected chi connectivity index (χ0v) is 9.13. The highest BCUT2D eigenvalue weighted by molar-refractivity contribution is 7.84. The predicted molar refractivity (Wildman–Crippen MR) is 58.2 cm³/mol. The van der Waals surface area contributed by atoms with Crippen LogP contribution in [0.4, 0.5) is 5.82 Å². The number of aromatic nitrogens is 1. The number of anilines is 1. The van der Waals surface area contributed by atoms with E-state index >= 15 is 0 Å². The molecular weight excluding hydrogens is 200 g/mol. The largest absolute Gasteiger partial charge is 0.495 e. The maximum Gasteiger partial charge on any atom is 0.137 e. The van der Waals surface area contributed by atoms with Crippen molar-refractivity contribution in [1.29, 1.82) is 0 Å². The lowest BCUT2D eigenvalue weighted by Crippen LogP contribution is -2.10. The second kappa shape index (κ2) is 5.59. The number of methoxy groups -OCH3 is 1. The molecule has 0 amide bonds. The molecule has 4 nitrogen and oxygen atoms in total. The Morgan fingerprint density at radius 2 is 2.36 bits per heavy atom. The fraction of sp³-hybridized carbons (Fsp3) is 0.444. The minimum atomic E-state index is -0.760. The highest BCUT2D eigenvalue weighted by atomic mass is 32.2. The molecule has 0 aliphatic rings. The normalized spacial score (nSPS) is 12.1. The van der Waals surface area contributed by atoms with Crippen LogP contribution in [-0.2, 0) is 10.8 Å². The van der Waals surface area contributed by atoms with Crippen LogP contribution < -0.4 is 10.1 Å². The van der Waals surface area contributed by atoms with Gasteiger partial charge in [-0.1, -0.05) is 0 Å². The van der Waals surface area contributed by atoms with E-state index in [0.29, 0.717) is 12.3 Å². The smallest absolute Gasteiger partial charge is 0.137 e. The van der Waals surface area contributed by atoms with Gasteiger partial charge in [-0.05, 0) is 12.1 Å². The molecule has 1 rings (SSSR count). The van der Waals surface area contributed by atoms with E-state index in [4.69, 9.17) is 4.74 Å². The summed E-state index contributed by atoms with van der Waals surface area (Å²) >= 11 is 0. The van der Waals surface area contributed by atoms with Crippen LogP contribution in [0.3, 0.4) is 0 Å². The van der Waals surface area contributed by atoms with Crippen molar-refractivity contribution in [3.8, 4) is 5.75 Å². The summed E-state index contributed by atoms with van der Waals surface area (Å²) in [6.07, 6.45) is 3.33. The lowest BCUT2D eigenvalue weighted by molar-refractivity contribution is 0.413. The number of hydrogen-bond acceptors (Lipinski definition) is 4. The molecule has 1 atom stereocenters. The van der Waals surface area contributed by atoms with E-state index in [2.05, 4.69) is 10.3 Å². The van der Waals surface area contributed by atoms with Gasteiger partial charge < -0.3 is 10.1 Å². The highest BCUT2D eigenvalue weighted by Crippen LogP contribution is 2.10. The number of nitrogens with one attached hydrogen (secondary N) is 1. The van der Waals surface area contributed by atoms with Gasteiger partial charge in [0.05, 0.1) is 13.3 Å². The quantitative estimate of drug-likeness (QED) is 0.790. The number of pyridine rings is 1. The molecule has 1 unspecified atom stereocenters. The zero-order chi connectivity index (χ0) is 10.4. The molecule has 5 heteroatoms. The van der Waals surface area contributed by atoms with Crippen LogP contribution in [0.25, 0.3) is 0 Å². The molecule has 0 fully saturated rings. The molecule has 14 heavy (non-hydrogen) atoms. The molecule has 0 bridgehead atoms. The summed E-state index contributed by atoms with van der Waals surface area (Å²) < 4.78 is 15.7. The average Bonchev–Trinajstić information content (AvgIpc) is 2.18. The fourth-order valence-corrected chi connectivity index (χ4v) is 1.32. The predicted octanol–water partition coefficient (Wildman–Crippen LogP) is 0.881. The zero-order valence-electron chi connectivity index (χ0n) is 8.32. The molecule has 0 aromatic carbocycles. The third-order valence-electron chi connectivity index (χ3n) is 1.67. The first-order valence-electron chi connectivity index (χ1n) is 4.26. The molecule has 1 N–H and O–H groups in total. The lowest BCUT2D eigenvalue weighted by Gasteiger charge is -2.04. The maximum absolute atomic E-state index is 10.8. The van der Waals surface area contributed by atoms with Crippen molar-refractivity contribution in [2.24, 2.45) is 0 Å². The van der Waals surface area contributed by atoms with E-state index in [1.165, 1.54) is 0 Å². The highest BCUT2D eigenvalue weighted by Gasteiger charge is 1.95. The van der Waals surface area contributed by atoms with Crippen LogP contribution in [0.5, 0.6) is 5.75 Å². The van der Waals surface area contributed by atoms with Crippen molar-refractivity contribution in [2.45, 2.75) is 0 Å². The Morgan fingerprint density at radius 1 is 1.57 bits per heavy atom. The van der Waals surface area contributed by atoms with Crippen LogP contribution in [0.1, 0.15) is 0 Å². The van der Waals surface area contributed by atoms with Crippen molar-refractivity contribution in [3.63, 3.8) is 0 Å². The van der Waals surface area contributed by atoms with Gasteiger partial charge in [-0.3, -0.25) is 4.21 Å². The summed E-state index contributed by atoms with van der Waals surface area (Å²) in [7, 11) is 0.841. The summed E-state index contributed by atoms with van der Waals surface area (Å²) in [5, 5.41) is 3.07. The van der Waals surface area contributed by atoms with Gasteiger partial charge in [0.25, 0.3) is 0 Å². The number of ether oxygens (including phenoxy) is 1. The summed E-state index contributed by atoms with van der Waals surface area (Å²) in [5.41, 5.74) is 0. The van der Waals surface area contributed by atoms with Gasteiger partial charge in [-0.2, -0.15) is 0 Å². The van der Waals surface area contributed by atoms with Crippen molar-refractivity contribution in [3.05, 3.63) is 18.3 Å². The molecule has 0 saturated carbocycles. The molecule has 1 aromatic rings. The first-order chi connectivity index (χ1) is 6.72.